The molecule has 0 fully saturated rings. The van der Waals surface area contributed by atoms with Gasteiger partial charge >= 0.3 is 0 Å². The molecule has 0 aliphatic carbocycles. The lowest BCUT2D eigenvalue weighted by atomic mass is 10.1. The molecule has 0 atom stereocenters. The van der Waals surface area contributed by atoms with Crippen LogP contribution >= 0.6 is 0 Å². The third kappa shape index (κ3) is 1.12. The van der Waals surface area contributed by atoms with Gasteiger partial charge in [0.1, 0.15) is 0 Å². The Morgan fingerprint density at radius 2 is 2.20 bits per heavy atom. The average molecular weight is 140 g/mol. The first-order chi connectivity index (χ1) is 4.61. The predicted molar refractivity (Wildman–Crippen MR) is 39.0 cm³/mol. The van der Waals surface area contributed by atoms with Gasteiger partial charge in [0.15, 0.2) is 0 Å². The molecule has 0 spiro atoms. The number of aryl methyl sites for hydroxylation is 1. The summed E-state index contributed by atoms with van der Waals surface area (Å²) < 4.78 is 1.47. The van der Waals surface area contributed by atoms with Gasteiger partial charge < -0.3 is 5.11 Å². The van der Waals surface area contributed by atoms with E-state index in [1.165, 1.54) is 4.68 Å². The van der Waals surface area contributed by atoms with Crippen molar-refractivity contribution in [3.63, 3.8) is 0 Å². The third-order valence-corrected chi connectivity index (χ3v) is 1.47. The van der Waals surface area contributed by atoms with Crippen LogP contribution in [0.4, 0.5) is 0 Å². The molecule has 0 aliphatic rings. The smallest absolute Gasteiger partial charge is 0.209 e. The van der Waals surface area contributed by atoms with Gasteiger partial charge in [-0.1, -0.05) is 13.8 Å². The normalized spacial score (nSPS) is 10.8. The Morgan fingerprint density at radius 3 is 2.40 bits per heavy atom. The zero-order chi connectivity index (χ0) is 7.72. The highest BCUT2D eigenvalue weighted by Gasteiger charge is 2.05. The summed E-state index contributed by atoms with van der Waals surface area (Å²) in [6, 6.07) is 1.69. The van der Waals surface area contributed by atoms with Gasteiger partial charge in [-0.2, -0.15) is 5.10 Å². The van der Waals surface area contributed by atoms with E-state index >= 15 is 0 Å². The molecule has 10 heavy (non-hydrogen) atoms. The number of rotatable bonds is 1. The van der Waals surface area contributed by atoms with Gasteiger partial charge in [0.25, 0.3) is 0 Å². The van der Waals surface area contributed by atoms with Gasteiger partial charge in [-0.15, -0.1) is 0 Å². The van der Waals surface area contributed by atoms with Crippen molar-refractivity contribution in [3.05, 3.63) is 11.8 Å². The molecule has 0 saturated carbocycles. The van der Waals surface area contributed by atoms with Crippen LogP contribution in [-0.2, 0) is 7.05 Å². The fourth-order valence-electron chi connectivity index (χ4n) is 0.761. The Hall–Kier alpha value is -0.990. The molecule has 0 radical (unpaired) electrons. The second kappa shape index (κ2) is 2.33. The van der Waals surface area contributed by atoms with Gasteiger partial charge in [0.2, 0.25) is 5.88 Å². The van der Waals surface area contributed by atoms with E-state index < -0.39 is 0 Å². The minimum absolute atomic E-state index is 0.226. The number of aromatic nitrogens is 2. The van der Waals surface area contributed by atoms with Crippen molar-refractivity contribution in [2.75, 3.05) is 0 Å². The Labute approximate surface area is 60.3 Å². The van der Waals surface area contributed by atoms with E-state index in [0.29, 0.717) is 5.92 Å². The van der Waals surface area contributed by atoms with Crippen LogP contribution in [0.2, 0.25) is 0 Å². The van der Waals surface area contributed by atoms with Crippen LogP contribution in [0.5, 0.6) is 5.88 Å². The van der Waals surface area contributed by atoms with E-state index in [4.69, 9.17) is 5.11 Å². The van der Waals surface area contributed by atoms with Gasteiger partial charge in [0.05, 0.1) is 5.69 Å². The first-order valence-electron chi connectivity index (χ1n) is 3.34. The highest BCUT2D eigenvalue weighted by atomic mass is 16.3. The number of nitrogens with zero attached hydrogens (tertiary/aromatic N) is 2. The fraction of sp³-hybridized carbons (Fsp3) is 0.571. The monoisotopic (exact) mass is 140 g/mol. The second-order valence-electron chi connectivity index (χ2n) is 2.71. The van der Waals surface area contributed by atoms with Crippen LogP contribution in [0.3, 0.4) is 0 Å². The highest BCUT2D eigenvalue weighted by Crippen LogP contribution is 2.16. The molecule has 1 rings (SSSR count). The summed E-state index contributed by atoms with van der Waals surface area (Å²) in [6.07, 6.45) is 0. The van der Waals surface area contributed by atoms with Crippen LogP contribution < -0.4 is 0 Å². The quantitative estimate of drug-likeness (QED) is 0.637. The van der Waals surface area contributed by atoms with Crippen molar-refractivity contribution in [1.29, 1.82) is 0 Å². The zero-order valence-electron chi connectivity index (χ0n) is 6.50. The van der Waals surface area contributed by atoms with Gasteiger partial charge in [-0.05, 0) is 5.92 Å². The molecular weight excluding hydrogens is 128 g/mol. The summed E-state index contributed by atoms with van der Waals surface area (Å²) in [7, 11) is 1.72. The highest BCUT2D eigenvalue weighted by molar-refractivity contribution is 5.16. The number of aromatic hydroxyl groups is 1. The molecule has 0 amide bonds. The summed E-state index contributed by atoms with van der Waals surface area (Å²) in [5, 5.41) is 13.2. The maximum absolute atomic E-state index is 9.09. The topological polar surface area (TPSA) is 38.0 Å². The van der Waals surface area contributed by atoms with Crippen LogP contribution in [0.25, 0.3) is 0 Å². The second-order valence-corrected chi connectivity index (χ2v) is 2.71. The van der Waals surface area contributed by atoms with E-state index in [0.717, 1.165) is 5.69 Å². The van der Waals surface area contributed by atoms with Crippen LogP contribution in [-0.4, -0.2) is 14.9 Å². The maximum atomic E-state index is 9.09. The van der Waals surface area contributed by atoms with Gasteiger partial charge in [-0.3, -0.25) is 0 Å². The minimum Gasteiger partial charge on any atom is -0.493 e. The summed E-state index contributed by atoms with van der Waals surface area (Å²) >= 11 is 0. The average Bonchev–Trinajstić information content (AvgIpc) is 2.13. The van der Waals surface area contributed by atoms with Crippen LogP contribution in [0.1, 0.15) is 25.5 Å². The number of hydrogen-bond donors (Lipinski definition) is 1. The SMILES string of the molecule is CC(C)c1cc(O)n(C)n1. The molecule has 0 aliphatic heterocycles. The summed E-state index contributed by atoms with van der Waals surface area (Å²) in [5.41, 5.74) is 0.931. The first kappa shape index (κ1) is 7.12. The van der Waals surface area contributed by atoms with E-state index in [1.807, 2.05) is 13.8 Å². The lowest BCUT2D eigenvalue weighted by Crippen LogP contribution is -1.92. The van der Waals surface area contributed by atoms with E-state index in [2.05, 4.69) is 5.10 Å². The third-order valence-electron chi connectivity index (χ3n) is 1.47. The molecule has 56 valence electrons. The molecule has 1 aromatic rings. The lowest BCUT2D eigenvalue weighted by Gasteiger charge is -1.95. The van der Waals surface area contributed by atoms with E-state index in [9.17, 15) is 0 Å². The summed E-state index contributed by atoms with van der Waals surface area (Å²) in [6.45, 7) is 4.09. The molecule has 3 nitrogen and oxygen atoms in total. The van der Waals surface area contributed by atoms with E-state index in [-0.39, 0.29) is 5.88 Å². The Kier molecular flexibility index (Phi) is 1.66. The van der Waals surface area contributed by atoms with Crippen LogP contribution in [0, 0.1) is 0 Å². The Balaban J connectivity index is 2.98. The van der Waals surface area contributed by atoms with Crippen molar-refractivity contribution in [2.24, 2.45) is 7.05 Å². The molecule has 3 heteroatoms. The van der Waals surface area contributed by atoms with Crippen molar-refractivity contribution in [2.45, 2.75) is 19.8 Å². The molecular formula is C7H12N2O. The van der Waals surface area contributed by atoms with Crippen molar-refractivity contribution < 1.29 is 5.11 Å². The predicted octanol–water partition coefficient (Wildman–Crippen LogP) is 1.25. The van der Waals surface area contributed by atoms with Crippen molar-refractivity contribution in [1.82, 2.24) is 9.78 Å². The minimum atomic E-state index is 0.226. The molecule has 0 bridgehead atoms. The van der Waals surface area contributed by atoms with Gasteiger partial charge in [0, 0.05) is 13.1 Å². The molecule has 0 aromatic carbocycles. The molecule has 0 saturated heterocycles. The zero-order valence-corrected chi connectivity index (χ0v) is 6.50. The fourth-order valence-corrected chi connectivity index (χ4v) is 0.761. The Bertz CT molecular complexity index is 208. The molecule has 1 aromatic heterocycles. The molecule has 0 unspecified atom stereocenters. The van der Waals surface area contributed by atoms with Crippen molar-refractivity contribution >= 4 is 0 Å². The number of hydrogen-bond acceptors (Lipinski definition) is 2. The van der Waals surface area contributed by atoms with Crippen molar-refractivity contribution in [3.8, 4) is 5.88 Å². The maximum Gasteiger partial charge on any atom is 0.209 e. The lowest BCUT2D eigenvalue weighted by molar-refractivity contribution is 0.419. The molecule has 1 heterocycles. The molecule has 1 N–H and O–H groups in total. The van der Waals surface area contributed by atoms with Crippen LogP contribution in [0.15, 0.2) is 6.07 Å². The standard InChI is InChI=1S/C7H12N2O/c1-5(2)6-4-7(10)9(3)8-6/h4-5,10H,1-3H3. The van der Waals surface area contributed by atoms with E-state index in [1.54, 1.807) is 13.1 Å². The Morgan fingerprint density at radius 1 is 1.60 bits per heavy atom. The van der Waals surface area contributed by atoms with Gasteiger partial charge in [-0.25, -0.2) is 4.68 Å². The largest absolute Gasteiger partial charge is 0.493 e. The first-order valence-corrected chi connectivity index (χ1v) is 3.34. The summed E-state index contributed by atoms with van der Waals surface area (Å²) in [5.74, 6) is 0.607. The summed E-state index contributed by atoms with van der Waals surface area (Å²) in [4.78, 5) is 0.